The van der Waals surface area contributed by atoms with E-state index >= 15 is 0 Å². The fourth-order valence-corrected chi connectivity index (χ4v) is 2.24. The van der Waals surface area contributed by atoms with Crippen molar-refractivity contribution in [2.24, 2.45) is 5.16 Å². The fourth-order valence-electron chi connectivity index (χ4n) is 2.24. The van der Waals surface area contributed by atoms with Gasteiger partial charge in [0, 0.05) is 0 Å². The van der Waals surface area contributed by atoms with Crippen LogP contribution in [0.25, 0.3) is 0 Å². The van der Waals surface area contributed by atoms with Crippen molar-refractivity contribution < 1.29 is 33.4 Å². The fraction of sp³-hybridized carbons (Fsp3) is 0.250. The third kappa shape index (κ3) is 6.17. The van der Waals surface area contributed by atoms with Crippen LogP contribution in [0.15, 0.2) is 65.8 Å². The van der Waals surface area contributed by atoms with Crippen LogP contribution < -0.4 is 0 Å². The molecule has 0 spiro atoms. The first-order chi connectivity index (χ1) is 13.5. The normalized spacial score (nSPS) is 14.1. The number of benzene rings is 2. The Hall–Kier alpha value is -3.26. The van der Waals surface area contributed by atoms with Gasteiger partial charge in [0.1, 0.15) is 19.8 Å². The van der Waals surface area contributed by atoms with E-state index in [1.165, 1.54) is 31.4 Å². The van der Waals surface area contributed by atoms with Crippen molar-refractivity contribution in [2.45, 2.75) is 18.4 Å². The molecule has 0 amide bonds. The van der Waals surface area contributed by atoms with Crippen LogP contribution in [0.2, 0.25) is 0 Å². The molecule has 0 heterocycles. The summed E-state index contributed by atoms with van der Waals surface area (Å²) in [5, 5.41) is 13.6. The van der Waals surface area contributed by atoms with Crippen molar-refractivity contribution in [3.8, 4) is 0 Å². The van der Waals surface area contributed by atoms with Crippen molar-refractivity contribution in [2.75, 3.05) is 13.7 Å². The Balaban J connectivity index is 2.05. The average molecular weight is 389 g/mol. The molecule has 8 heteroatoms. The molecule has 2 aromatic rings. The minimum absolute atomic E-state index is 0.178. The Labute approximate surface area is 161 Å². The number of oxime groups is 1. The molecule has 0 aliphatic rings. The predicted molar refractivity (Wildman–Crippen MR) is 98.8 cm³/mol. The van der Waals surface area contributed by atoms with Crippen LogP contribution in [0.5, 0.6) is 0 Å². The van der Waals surface area contributed by atoms with Gasteiger partial charge in [0.2, 0.25) is 0 Å². The number of aliphatic hydroxyl groups is 1. The first kappa shape index (κ1) is 21.0. The molecule has 0 aliphatic carbocycles. The van der Waals surface area contributed by atoms with Crippen molar-refractivity contribution in [1.29, 1.82) is 0 Å². The van der Waals surface area contributed by atoms with Crippen molar-refractivity contribution in [3.05, 3.63) is 71.8 Å². The van der Waals surface area contributed by atoms with Crippen LogP contribution in [0, 0.1) is 0 Å². The third-order valence-corrected chi connectivity index (χ3v) is 3.65. The second-order valence-electron chi connectivity index (χ2n) is 5.65. The average Bonchev–Trinajstić information content (AvgIpc) is 2.74. The summed E-state index contributed by atoms with van der Waals surface area (Å²) >= 11 is 0. The van der Waals surface area contributed by atoms with Gasteiger partial charge in [0.25, 0.3) is 0 Å². The van der Waals surface area contributed by atoms with E-state index in [-0.39, 0.29) is 11.1 Å². The Bertz CT molecular complexity index is 784. The summed E-state index contributed by atoms with van der Waals surface area (Å²) in [6, 6.07) is 16.0. The number of alkyl halides is 1. The molecule has 3 unspecified atom stereocenters. The topological polar surface area (TPSA) is 94.4 Å². The lowest BCUT2D eigenvalue weighted by molar-refractivity contribution is -0.0594. The number of ether oxygens (including phenoxy) is 2. The van der Waals surface area contributed by atoms with Crippen LogP contribution >= 0.6 is 0 Å². The number of hydrogen-bond acceptors (Lipinski definition) is 7. The summed E-state index contributed by atoms with van der Waals surface area (Å²) in [7, 11) is 1.21. The van der Waals surface area contributed by atoms with Crippen molar-refractivity contribution in [3.63, 3.8) is 0 Å². The van der Waals surface area contributed by atoms with Gasteiger partial charge >= 0.3 is 11.9 Å². The van der Waals surface area contributed by atoms with Gasteiger partial charge in [-0.2, -0.15) is 0 Å². The Kier molecular flexibility index (Phi) is 8.11. The van der Waals surface area contributed by atoms with E-state index in [1.807, 2.05) is 0 Å². The molecule has 0 radical (unpaired) electrons. The maximum atomic E-state index is 14.4. The summed E-state index contributed by atoms with van der Waals surface area (Å²) < 4.78 is 24.5. The van der Waals surface area contributed by atoms with Gasteiger partial charge in [-0.3, -0.25) is 0 Å². The van der Waals surface area contributed by atoms with E-state index in [0.29, 0.717) is 0 Å². The first-order valence-corrected chi connectivity index (χ1v) is 8.40. The summed E-state index contributed by atoms with van der Waals surface area (Å²) in [5.41, 5.74) is 0.446. The maximum absolute atomic E-state index is 14.4. The number of halogens is 1. The molecule has 28 heavy (non-hydrogen) atoms. The van der Waals surface area contributed by atoms with E-state index in [2.05, 4.69) is 9.99 Å². The lowest BCUT2D eigenvalue weighted by Gasteiger charge is -2.24. The molecule has 0 bridgehead atoms. The first-order valence-electron chi connectivity index (χ1n) is 8.40. The van der Waals surface area contributed by atoms with Gasteiger partial charge in [-0.05, 0) is 24.3 Å². The van der Waals surface area contributed by atoms with E-state index in [0.717, 1.165) is 6.21 Å². The Morgan fingerprint density at radius 2 is 1.57 bits per heavy atom. The highest BCUT2D eigenvalue weighted by atomic mass is 19.1. The molecule has 0 saturated carbocycles. The molecule has 0 fully saturated rings. The van der Waals surface area contributed by atoms with Gasteiger partial charge in [-0.15, -0.1) is 0 Å². The number of esters is 2. The number of rotatable bonds is 9. The molecule has 1 N–H and O–H groups in total. The van der Waals surface area contributed by atoms with Crippen LogP contribution in [-0.2, 0) is 14.3 Å². The second-order valence-corrected chi connectivity index (χ2v) is 5.65. The largest absolute Gasteiger partial charge is 0.459 e. The minimum Gasteiger partial charge on any atom is -0.459 e. The summed E-state index contributed by atoms with van der Waals surface area (Å²) in [6.07, 6.45) is -4.53. The molecule has 0 saturated heterocycles. The lowest BCUT2D eigenvalue weighted by Crippen LogP contribution is -2.43. The number of nitrogens with zero attached hydrogens (tertiary/aromatic N) is 1. The van der Waals surface area contributed by atoms with Crippen LogP contribution in [0.3, 0.4) is 0 Å². The van der Waals surface area contributed by atoms with Gasteiger partial charge < -0.3 is 19.4 Å². The monoisotopic (exact) mass is 389 g/mol. The molecule has 3 atom stereocenters. The molecule has 148 valence electrons. The SMILES string of the molecule is CON=CC(F)C(OC(=O)c1ccccc1)C(O)COC(=O)c1ccccc1. The number of carbonyl (C=O) groups excluding carboxylic acids is 2. The van der Waals surface area contributed by atoms with Crippen LogP contribution in [-0.4, -0.2) is 55.4 Å². The zero-order valence-electron chi connectivity index (χ0n) is 15.1. The molecule has 0 aliphatic heterocycles. The zero-order valence-corrected chi connectivity index (χ0v) is 15.1. The summed E-state index contributed by atoms with van der Waals surface area (Å²) in [5.74, 6) is -1.54. The van der Waals surface area contributed by atoms with Gasteiger partial charge in [0.05, 0.1) is 17.3 Å². The van der Waals surface area contributed by atoms with Crippen LogP contribution in [0.4, 0.5) is 4.39 Å². The highest BCUT2D eigenvalue weighted by Crippen LogP contribution is 2.13. The number of hydrogen-bond donors (Lipinski definition) is 1. The number of carbonyl (C=O) groups is 2. The molecular formula is C20H20FNO6. The molecule has 0 aromatic heterocycles. The Morgan fingerprint density at radius 1 is 1.04 bits per heavy atom. The molecule has 2 rings (SSSR count). The van der Waals surface area contributed by atoms with Crippen molar-refractivity contribution in [1.82, 2.24) is 0 Å². The third-order valence-electron chi connectivity index (χ3n) is 3.65. The van der Waals surface area contributed by atoms with E-state index in [1.54, 1.807) is 36.4 Å². The standard InChI is InChI=1S/C20H20FNO6/c1-26-22-12-16(21)18(28-20(25)15-10-6-3-7-11-15)17(23)13-27-19(24)14-8-4-2-5-9-14/h2-12,16-18,23H,13H2,1H3. The van der Waals surface area contributed by atoms with Gasteiger partial charge in [0.15, 0.2) is 12.3 Å². The molecule has 7 nitrogen and oxygen atoms in total. The van der Waals surface area contributed by atoms with E-state index in [4.69, 9.17) is 9.47 Å². The quantitative estimate of drug-likeness (QED) is 0.402. The summed E-state index contributed by atoms with van der Waals surface area (Å²) in [6.45, 7) is -0.582. The van der Waals surface area contributed by atoms with Crippen molar-refractivity contribution >= 4 is 18.2 Å². The van der Waals surface area contributed by atoms with Gasteiger partial charge in [-0.25, -0.2) is 14.0 Å². The Morgan fingerprint density at radius 3 is 2.11 bits per heavy atom. The molecule has 2 aromatic carbocycles. The zero-order chi connectivity index (χ0) is 20.4. The van der Waals surface area contributed by atoms with E-state index in [9.17, 15) is 19.1 Å². The summed E-state index contributed by atoms with van der Waals surface area (Å²) in [4.78, 5) is 28.6. The lowest BCUT2D eigenvalue weighted by atomic mass is 10.1. The van der Waals surface area contributed by atoms with Crippen LogP contribution in [0.1, 0.15) is 20.7 Å². The smallest absolute Gasteiger partial charge is 0.338 e. The minimum atomic E-state index is -1.99. The van der Waals surface area contributed by atoms with E-state index < -0.39 is 36.9 Å². The van der Waals surface area contributed by atoms with Gasteiger partial charge in [-0.1, -0.05) is 41.6 Å². The highest BCUT2D eigenvalue weighted by Gasteiger charge is 2.33. The second kappa shape index (κ2) is 10.8. The predicted octanol–water partition coefficient (Wildman–Crippen LogP) is 2.40. The number of aliphatic hydroxyl groups excluding tert-OH is 1. The molecular weight excluding hydrogens is 369 g/mol. The highest BCUT2D eigenvalue weighted by molar-refractivity contribution is 5.90. The maximum Gasteiger partial charge on any atom is 0.338 e.